The SMILES string of the molecule is c1ccc2cc(-c3c4ccccc4c(-c4cc5ccccc5c5ccccc45)c4cc(-c5cccc6ccccc56)ccc34)ccc2c1. The molecule has 0 nitrogen and oxygen atoms in total. The van der Waals surface area contributed by atoms with Gasteiger partial charge in [-0.3, -0.25) is 0 Å². The maximum absolute atomic E-state index is 2.45. The molecule has 0 radical (unpaired) electrons. The molecule has 10 aromatic rings. The standard InChI is InChI=1S/C48H30/c1-2-14-33-28-36(25-24-31(33)12-1)47-42-21-9-10-22-43(42)48(45-29-34-15-4-6-18-39(34)40-19-7-8-20-41(40)45)46-30-35(26-27-44(46)47)38-23-11-16-32-13-3-5-17-37(32)38/h1-30H. The molecule has 0 aliphatic heterocycles. The van der Waals surface area contributed by atoms with Gasteiger partial charge < -0.3 is 0 Å². The van der Waals surface area contributed by atoms with Crippen LogP contribution in [0.5, 0.6) is 0 Å². The Hall–Kier alpha value is -6.24. The first-order valence-electron chi connectivity index (χ1n) is 16.7. The molecule has 10 rings (SSSR count). The Labute approximate surface area is 279 Å². The van der Waals surface area contributed by atoms with Crippen molar-refractivity contribution in [3.8, 4) is 33.4 Å². The van der Waals surface area contributed by atoms with Gasteiger partial charge in [-0.2, -0.15) is 0 Å². The molecule has 0 heteroatoms. The van der Waals surface area contributed by atoms with Gasteiger partial charge in [0.25, 0.3) is 0 Å². The van der Waals surface area contributed by atoms with Gasteiger partial charge in [0.1, 0.15) is 0 Å². The summed E-state index contributed by atoms with van der Waals surface area (Å²) in [6.07, 6.45) is 0. The van der Waals surface area contributed by atoms with Crippen LogP contribution in [0.4, 0.5) is 0 Å². The van der Waals surface area contributed by atoms with Crippen molar-refractivity contribution in [2.45, 2.75) is 0 Å². The lowest BCUT2D eigenvalue weighted by atomic mass is 9.82. The molecule has 0 heterocycles. The fourth-order valence-electron chi connectivity index (χ4n) is 8.03. The van der Waals surface area contributed by atoms with Crippen LogP contribution in [0.3, 0.4) is 0 Å². The fraction of sp³-hybridized carbons (Fsp3) is 0. The zero-order chi connectivity index (χ0) is 31.6. The van der Waals surface area contributed by atoms with Gasteiger partial charge in [-0.1, -0.05) is 164 Å². The molecule has 0 spiro atoms. The van der Waals surface area contributed by atoms with Crippen molar-refractivity contribution >= 4 is 64.6 Å². The molecule has 10 aromatic carbocycles. The van der Waals surface area contributed by atoms with Crippen LogP contribution in [0.25, 0.3) is 98.0 Å². The van der Waals surface area contributed by atoms with E-state index >= 15 is 0 Å². The topological polar surface area (TPSA) is 0 Å². The monoisotopic (exact) mass is 606 g/mol. The lowest BCUT2D eigenvalue weighted by molar-refractivity contribution is 1.67. The summed E-state index contributed by atoms with van der Waals surface area (Å²) in [5.74, 6) is 0. The molecule has 0 atom stereocenters. The molecular weight excluding hydrogens is 577 g/mol. The Morgan fingerprint density at radius 2 is 0.771 bits per heavy atom. The molecule has 0 bridgehead atoms. The van der Waals surface area contributed by atoms with Gasteiger partial charge in [0, 0.05) is 0 Å². The predicted octanol–water partition coefficient (Wildman–Crippen LogP) is 13.6. The summed E-state index contributed by atoms with van der Waals surface area (Å²) in [7, 11) is 0. The van der Waals surface area contributed by atoms with Crippen LogP contribution in [-0.2, 0) is 0 Å². The van der Waals surface area contributed by atoms with Crippen molar-refractivity contribution in [3.63, 3.8) is 0 Å². The van der Waals surface area contributed by atoms with Gasteiger partial charge in [0.2, 0.25) is 0 Å². The van der Waals surface area contributed by atoms with E-state index in [9.17, 15) is 0 Å². The Morgan fingerprint density at radius 1 is 0.208 bits per heavy atom. The molecule has 0 amide bonds. The number of hydrogen-bond acceptors (Lipinski definition) is 0. The lowest BCUT2D eigenvalue weighted by Crippen LogP contribution is -1.93. The summed E-state index contributed by atoms with van der Waals surface area (Å²) in [6.45, 7) is 0. The highest BCUT2D eigenvalue weighted by molar-refractivity contribution is 6.26. The third-order valence-electron chi connectivity index (χ3n) is 10.2. The minimum absolute atomic E-state index is 1.23. The van der Waals surface area contributed by atoms with Gasteiger partial charge in [0.15, 0.2) is 0 Å². The van der Waals surface area contributed by atoms with Gasteiger partial charge in [-0.15, -0.1) is 0 Å². The first kappa shape index (κ1) is 26.9. The molecule has 0 saturated heterocycles. The first-order chi connectivity index (χ1) is 23.8. The van der Waals surface area contributed by atoms with Crippen molar-refractivity contribution in [1.29, 1.82) is 0 Å². The number of fused-ring (bicyclic) bond motifs is 7. The summed E-state index contributed by atoms with van der Waals surface area (Å²) >= 11 is 0. The summed E-state index contributed by atoms with van der Waals surface area (Å²) in [6, 6.07) is 67.2. The molecular formula is C48H30. The van der Waals surface area contributed by atoms with Crippen molar-refractivity contribution in [2.75, 3.05) is 0 Å². The van der Waals surface area contributed by atoms with Crippen LogP contribution in [0.15, 0.2) is 182 Å². The summed E-state index contributed by atoms with van der Waals surface area (Å²) in [4.78, 5) is 0. The molecule has 0 aliphatic carbocycles. The quantitative estimate of drug-likeness (QED) is 0.139. The average molecular weight is 607 g/mol. The summed E-state index contributed by atoms with van der Waals surface area (Å²) in [5.41, 5.74) is 7.56. The third-order valence-corrected chi connectivity index (χ3v) is 10.2. The van der Waals surface area contributed by atoms with E-state index in [-0.39, 0.29) is 0 Å². The van der Waals surface area contributed by atoms with Crippen LogP contribution in [0.1, 0.15) is 0 Å². The van der Waals surface area contributed by atoms with Crippen LogP contribution < -0.4 is 0 Å². The molecule has 0 saturated carbocycles. The Balaban J connectivity index is 1.39. The molecule has 0 aliphatic rings. The van der Waals surface area contributed by atoms with E-state index in [4.69, 9.17) is 0 Å². The number of hydrogen-bond donors (Lipinski definition) is 0. The van der Waals surface area contributed by atoms with Crippen LogP contribution in [-0.4, -0.2) is 0 Å². The minimum atomic E-state index is 1.23. The zero-order valence-corrected chi connectivity index (χ0v) is 26.3. The molecule has 222 valence electrons. The average Bonchev–Trinajstić information content (AvgIpc) is 3.16. The highest BCUT2D eigenvalue weighted by atomic mass is 14.2. The fourth-order valence-corrected chi connectivity index (χ4v) is 8.03. The van der Waals surface area contributed by atoms with E-state index in [2.05, 4.69) is 182 Å². The van der Waals surface area contributed by atoms with Gasteiger partial charge >= 0.3 is 0 Å². The Morgan fingerprint density at radius 3 is 1.58 bits per heavy atom. The highest BCUT2D eigenvalue weighted by Crippen LogP contribution is 2.48. The molecule has 0 aromatic heterocycles. The maximum Gasteiger partial charge on any atom is -0.00197 e. The highest BCUT2D eigenvalue weighted by Gasteiger charge is 2.20. The Bertz CT molecular complexity index is 2890. The van der Waals surface area contributed by atoms with Crippen molar-refractivity contribution in [3.05, 3.63) is 182 Å². The van der Waals surface area contributed by atoms with Gasteiger partial charge in [-0.25, -0.2) is 0 Å². The van der Waals surface area contributed by atoms with E-state index in [1.54, 1.807) is 0 Å². The van der Waals surface area contributed by atoms with Crippen LogP contribution >= 0.6 is 0 Å². The summed E-state index contributed by atoms with van der Waals surface area (Å²) < 4.78 is 0. The van der Waals surface area contributed by atoms with E-state index in [1.165, 1.54) is 98.0 Å². The maximum atomic E-state index is 2.45. The largest absolute Gasteiger partial charge is 0.0616 e. The van der Waals surface area contributed by atoms with Crippen molar-refractivity contribution in [2.24, 2.45) is 0 Å². The minimum Gasteiger partial charge on any atom is -0.0616 e. The molecule has 48 heavy (non-hydrogen) atoms. The Kier molecular flexibility index (Phi) is 5.98. The molecule has 0 fully saturated rings. The van der Waals surface area contributed by atoms with Gasteiger partial charge in [-0.05, 0) is 116 Å². The summed E-state index contributed by atoms with van der Waals surface area (Å²) in [5, 5.41) is 15.2. The second-order valence-corrected chi connectivity index (χ2v) is 12.8. The van der Waals surface area contributed by atoms with E-state index < -0.39 is 0 Å². The van der Waals surface area contributed by atoms with E-state index in [0.717, 1.165) is 0 Å². The molecule has 0 N–H and O–H groups in total. The molecule has 0 unspecified atom stereocenters. The number of rotatable bonds is 3. The second kappa shape index (κ2) is 10.7. The van der Waals surface area contributed by atoms with E-state index in [0.29, 0.717) is 0 Å². The van der Waals surface area contributed by atoms with Crippen LogP contribution in [0, 0.1) is 0 Å². The third kappa shape index (κ3) is 4.10. The smallest absolute Gasteiger partial charge is 0.00197 e. The zero-order valence-electron chi connectivity index (χ0n) is 26.3. The first-order valence-corrected chi connectivity index (χ1v) is 16.7. The van der Waals surface area contributed by atoms with Crippen molar-refractivity contribution < 1.29 is 0 Å². The van der Waals surface area contributed by atoms with Crippen molar-refractivity contribution in [1.82, 2.24) is 0 Å². The normalized spacial score (nSPS) is 11.8. The van der Waals surface area contributed by atoms with E-state index in [1.807, 2.05) is 0 Å². The second-order valence-electron chi connectivity index (χ2n) is 12.8. The van der Waals surface area contributed by atoms with Gasteiger partial charge in [0.05, 0.1) is 0 Å². The number of benzene rings is 10. The lowest BCUT2D eigenvalue weighted by Gasteiger charge is -2.21. The predicted molar refractivity (Wildman–Crippen MR) is 208 cm³/mol. The van der Waals surface area contributed by atoms with Crippen LogP contribution in [0.2, 0.25) is 0 Å².